The van der Waals surface area contributed by atoms with Crippen LogP contribution in [0, 0.1) is 13.8 Å². The maximum Gasteiger partial charge on any atom is 0.191 e. The Morgan fingerprint density at radius 3 is 2.85 bits per heavy atom. The largest absolute Gasteiger partial charge is 0.369 e. The second kappa shape index (κ2) is 8.65. The number of aliphatic imine (C=N–C) groups is 1. The Hall–Kier alpha value is -2.21. The number of halogens is 1. The van der Waals surface area contributed by atoms with Gasteiger partial charge in [0.15, 0.2) is 5.96 Å². The van der Waals surface area contributed by atoms with Crippen molar-refractivity contribution in [2.45, 2.75) is 32.7 Å². The van der Waals surface area contributed by atoms with Gasteiger partial charge in [0.2, 0.25) is 0 Å². The molecule has 0 aliphatic carbocycles. The number of nitrogens with one attached hydrogen (secondary N) is 2. The molecular formula is C20H29ClN6. The normalized spacial score (nSPS) is 17.4. The van der Waals surface area contributed by atoms with Crippen LogP contribution in [-0.4, -0.2) is 48.5 Å². The van der Waals surface area contributed by atoms with Gasteiger partial charge in [-0.15, -0.1) is 0 Å². The molecule has 0 saturated carbocycles. The van der Waals surface area contributed by atoms with Crippen molar-refractivity contribution in [3.05, 3.63) is 46.2 Å². The van der Waals surface area contributed by atoms with Crippen molar-refractivity contribution in [3.63, 3.8) is 0 Å². The zero-order valence-electron chi connectivity index (χ0n) is 16.6. The zero-order valence-corrected chi connectivity index (χ0v) is 17.3. The Kier molecular flexibility index (Phi) is 6.26. The number of anilines is 1. The molecule has 1 fully saturated rings. The highest BCUT2D eigenvalue weighted by atomic mass is 35.5. The quantitative estimate of drug-likeness (QED) is 0.610. The average Bonchev–Trinajstić information content (AvgIpc) is 3.20. The molecule has 27 heavy (non-hydrogen) atoms. The van der Waals surface area contributed by atoms with Crippen LogP contribution < -0.4 is 15.5 Å². The van der Waals surface area contributed by atoms with Gasteiger partial charge in [-0.1, -0.05) is 17.7 Å². The van der Waals surface area contributed by atoms with E-state index in [4.69, 9.17) is 11.6 Å². The van der Waals surface area contributed by atoms with E-state index >= 15 is 0 Å². The fourth-order valence-corrected chi connectivity index (χ4v) is 3.84. The van der Waals surface area contributed by atoms with E-state index in [1.807, 2.05) is 37.0 Å². The first kappa shape index (κ1) is 19.5. The zero-order chi connectivity index (χ0) is 19.4. The predicted octanol–water partition coefficient (Wildman–Crippen LogP) is 2.68. The Morgan fingerprint density at radius 2 is 2.19 bits per heavy atom. The topological polar surface area (TPSA) is 57.5 Å². The van der Waals surface area contributed by atoms with Crippen molar-refractivity contribution >= 4 is 23.2 Å². The van der Waals surface area contributed by atoms with Crippen LogP contribution in [-0.2, 0) is 13.5 Å². The van der Waals surface area contributed by atoms with Crippen molar-refractivity contribution in [1.82, 2.24) is 20.4 Å². The SMILES string of the molecule is CN=C(NCCc1c(C)nn(C)c1C)NC1CCN(c2cccc(Cl)c2)C1. The average molecular weight is 389 g/mol. The van der Waals surface area contributed by atoms with Crippen LogP contribution >= 0.6 is 11.6 Å². The Labute approximate surface area is 166 Å². The monoisotopic (exact) mass is 388 g/mol. The van der Waals surface area contributed by atoms with Crippen LogP contribution in [0.15, 0.2) is 29.3 Å². The van der Waals surface area contributed by atoms with Gasteiger partial charge in [-0.25, -0.2) is 0 Å². The summed E-state index contributed by atoms with van der Waals surface area (Å²) >= 11 is 6.12. The fraction of sp³-hybridized carbons (Fsp3) is 0.500. The van der Waals surface area contributed by atoms with Crippen LogP contribution in [0.25, 0.3) is 0 Å². The molecule has 1 aliphatic heterocycles. The lowest BCUT2D eigenvalue weighted by Gasteiger charge is -2.20. The third kappa shape index (κ3) is 4.75. The Morgan fingerprint density at radius 1 is 1.37 bits per heavy atom. The molecule has 6 nitrogen and oxygen atoms in total. The summed E-state index contributed by atoms with van der Waals surface area (Å²) in [7, 11) is 3.81. The van der Waals surface area contributed by atoms with E-state index in [1.165, 1.54) is 16.9 Å². The predicted molar refractivity (Wildman–Crippen MR) is 113 cm³/mol. The second-order valence-electron chi connectivity index (χ2n) is 7.08. The number of rotatable bonds is 5. The van der Waals surface area contributed by atoms with Crippen LogP contribution in [0.4, 0.5) is 5.69 Å². The first-order chi connectivity index (χ1) is 13.0. The summed E-state index contributed by atoms with van der Waals surface area (Å²) < 4.78 is 1.95. The molecule has 1 atom stereocenters. The molecule has 1 aromatic heterocycles. The molecular weight excluding hydrogens is 360 g/mol. The molecule has 146 valence electrons. The molecule has 1 aromatic carbocycles. The van der Waals surface area contributed by atoms with E-state index in [-0.39, 0.29) is 0 Å². The minimum absolute atomic E-state index is 0.372. The Bertz CT molecular complexity index is 813. The van der Waals surface area contributed by atoms with Gasteiger partial charge in [0.05, 0.1) is 5.69 Å². The van der Waals surface area contributed by atoms with Gasteiger partial charge in [0.25, 0.3) is 0 Å². The molecule has 0 spiro atoms. The molecule has 2 N–H and O–H groups in total. The van der Waals surface area contributed by atoms with Gasteiger partial charge < -0.3 is 15.5 Å². The van der Waals surface area contributed by atoms with Crippen molar-refractivity contribution in [1.29, 1.82) is 0 Å². The highest BCUT2D eigenvalue weighted by Gasteiger charge is 2.23. The standard InChI is InChI=1S/C20H29ClN6/c1-14-19(15(2)26(4)25-14)8-10-23-20(22-3)24-17-9-11-27(13-17)18-7-5-6-16(21)12-18/h5-7,12,17H,8-11,13H2,1-4H3,(H2,22,23,24). The van der Waals surface area contributed by atoms with E-state index in [0.29, 0.717) is 6.04 Å². The van der Waals surface area contributed by atoms with E-state index in [2.05, 4.69) is 45.5 Å². The first-order valence-electron chi connectivity index (χ1n) is 9.44. The van der Waals surface area contributed by atoms with Crippen molar-refractivity contribution in [3.8, 4) is 0 Å². The molecule has 0 bridgehead atoms. The van der Waals surface area contributed by atoms with Gasteiger partial charge in [-0.3, -0.25) is 9.67 Å². The first-order valence-corrected chi connectivity index (χ1v) is 9.82. The van der Waals surface area contributed by atoms with E-state index in [1.54, 1.807) is 0 Å². The van der Waals surface area contributed by atoms with Gasteiger partial charge in [0, 0.05) is 56.2 Å². The maximum absolute atomic E-state index is 6.12. The van der Waals surface area contributed by atoms with E-state index in [9.17, 15) is 0 Å². The number of hydrogen-bond acceptors (Lipinski definition) is 3. The number of benzene rings is 1. The third-order valence-corrected chi connectivity index (χ3v) is 5.49. The van der Waals surface area contributed by atoms with Crippen molar-refractivity contribution in [2.24, 2.45) is 12.0 Å². The molecule has 0 radical (unpaired) electrons. The highest BCUT2D eigenvalue weighted by molar-refractivity contribution is 6.30. The number of aromatic nitrogens is 2. The number of guanidine groups is 1. The summed E-state index contributed by atoms with van der Waals surface area (Å²) in [6.07, 6.45) is 2.01. The third-order valence-electron chi connectivity index (χ3n) is 5.25. The van der Waals surface area contributed by atoms with Crippen molar-refractivity contribution in [2.75, 3.05) is 31.6 Å². The van der Waals surface area contributed by atoms with Crippen LogP contribution in [0.1, 0.15) is 23.4 Å². The van der Waals surface area contributed by atoms with Crippen molar-refractivity contribution < 1.29 is 0 Å². The lowest BCUT2D eigenvalue weighted by atomic mass is 10.1. The molecule has 7 heteroatoms. The van der Waals surface area contributed by atoms with Gasteiger partial charge in [-0.2, -0.15) is 5.10 Å². The molecule has 2 heterocycles. The molecule has 3 rings (SSSR count). The minimum Gasteiger partial charge on any atom is -0.369 e. The maximum atomic E-state index is 6.12. The van der Waals surface area contributed by atoms with Crippen LogP contribution in [0.2, 0.25) is 5.02 Å². The summed E-state index contributed by atoms with van der Waals surface area (Å²) in [4.78, 5) is 6.74. The minimum atomic E-state index is 0.372. The lowest BCUT2D eigenvalue weighted by Crippen LogP contribution is -2.45. The molecule has 2 aromatic rings. The summed E-state index contributed by atoms with van der Waals surface area (Å²) in [5.41, 5.74) is 4.82. The smallest absolute Gasteiger partial charge is 0.191 e. The van der Waals surface area contributed by atoms with Gasteiger partial charge in [-0.05, 0) is 50.5 Å². The van der Waals surface area contributed by atoms with E-state index in [0.717, 1.165) is 49.2 Å². The Balaban J connectivity index is 1.49. The summed E-state index contributed by atoms with van der Waals surface area (Å²) in [6.45, 7) is 6.98. The molecule has 0 amide bonds. The number of nitrogens with zero attached hydrogens (tertiary/aromatic N) is 4. The second-order valence-corrected chi connectivity index (χ2v) is 7.51. The summed E-state index contributed by atoms with van der Waals surface area (Å²) in [5, 5.41) is 12.2. The fourth-order valence-electron chi connectivity index (χ4n) is 3.66. The summed E-state index contributed by atoms with van der Waals surface area (Å²) in [5.74, 6) is 0.854. The van der Waals surface area contributed by atoms with Gasteiger partial charge in [0.1, 0.15) is 0 Å². The van der Waals surface area contributed by atoms with Crippen LogP contribution in [0.5, 0.6) is 0 Å². The molecule has 1 unspecified atom stereocenters. The molecule has 1 saturated heterocycles. The lowest BCUT2D eigenvalue weighted by molar-refractivity contribution is 0.648. The van der Waals surface area contributed by atoms with E-state index < -0.39 is 0 Å². The number of hydrogen-bond donors (Lipinski definition) is 2. The number of aryl methyl sites for hydroxylation is 2. The molecule has 1 aliphatic rings. The highest BCUT2D eigenvalue weighted by Crippen LogP contribution is 2.23. The van der Waals surface area contributed by atoms with Gasteiger partial charge >= 0.3 is 0 Å². The summed E-state index contributed by atoms with van der Waals surface area (Å²) in [6, 6.07) is 8.42. The van der Waals surface area contributed by atoms with Crippen LogP contribution in [0.3, 0.4) is 0 Å².